The monoisotopic (exact) mass is 321 g/mol. The molecule has 0 amide bonds. The summed E-state index contributed by atoms with van der Waals surface area (Å²) in [4.78, 5) is 1.20. The minimum atomic E-state index is -3.51. The Balaban J connectivity index is 2.19. The summed E-state index contributed by atoms with van der Waals surface area (Å²) in [5.41, 5.74) is 1.16. The van der Waals surface area contributed by atoms with Crippen LogP contribution in [-0.4, -0.2) is 15.0 Å². The Labute approximate surface area is 128 Å². The van der Waals surface area contributed by atoms with Crippen LogP contribution in [0.2, 0.25) is 0 Å². The molecule has 2 rings (SSSR count). The molecule has 110 valence electrons. The third-order valence-corrected chi connectivity index (χ3v) is 5.29. The normalized spacial score (nSPS) is 11.0. The maximum atomic E-state index is 12.1. The van der Waals surface area contributed by atoms with E-state index in [1.54, 1.807) is 42.6 Å². The summed E-state index contributed by atoms with van der Waals surface area (Å²) in [6.45, 7) is 2.56. The van der Waals surface area contributed by atoms with Crippen molar-refractivity contribution in [2.24, 2.45) is 0 Å². The number of nitrogens with zero attached hydrogens (tertiary/aromatic N) is 1. The van der Waals surface area contributed by atoms with Crippen LogP contribution in [0.25, 0.3) is 0 Å². The molecule has 0 unspecified atom stereocenters. The molecule has 0 aliphatic heterocycles. The molecule has 21 heavy (non-hydrogen) atoms. The average molecular weight is 321 g/mol. The summed E-state index contributed by atoms with van der Waals surface area (Å²) < 4.78 is 26.7. The molecule has 0 saturated heterocycles. The van der Waals surface area contributed by atoms with Crippen molar-refractivity contribution in [3.63, 3.8) is 0 Å². The van der Waals surface area contributed by atoms with Gasteiger partial charge in [-0.1, -0.05) is 19.1 Å². The Bertz CT molecular complexity index is 761. The van der Waals surface area contributed by atoms with E-state index in [1.165, 1.54) is 11.3 Å². The van der Waals surface area contributed by atoms with E-state index in [0.717, 1.165) is 4.88 Å². The van der Waals surface area contributed by atoms with Gasteiger partial charge in [-0.2, -0.15) is 5.26 Å². The van der Waals surface area contributed by atoms with Gasteiger partial charge in [0.05, 0.1) is 11.3 Å². The lowest BCUT2D eigenvalue weighted by Crippen LogP contribution is -2.24. The van der Waals surface area contributed by atoms with Gasteiger partial charge in [0, 0.05) is 23.3 Å². The van der Waals surface area contributed by atoms with Crippen LogP contribution in [0.5, 0.6) is 0 Å². The van der Waals surface area contributed by atoms with E-state index in [4.69, 9.17) is 5.26 Å². The van der Waals surface area contributed by atoms with Crippen molar-refractivity contribution in [2.75, 3.05) is 11.9 Å². The summed E-state index contributed by atoms with van der Waals surface area (Å²) in [7, 11) is -3.51. The zero-order valence-electron chi connectivity index (χ0n) is 11.5. The lowest BCUT2D eigenvalue weighted by atomic mass is 10.3. The van der Waals surface area contributed by atoms with E-state index in [0.29, 0.717) is 24.3 Å². The largest absolute Gasteiger partial charge is 0.379 e. The molecule has 0 fully saturated rings. The number of hydrogen-bond acceptors (Lipinski definition) is 5. The van der Waals surface area contributed by atoms with Gasteiger partial charge in [-0.25, -0.2) is 13.1 Å². The summed E-state index contributed by atoms with van der Waals surface area (Å²) in [6, 6.07) is 10.6. The Morgan fingerprint density at radius 1 is 1.33 bits per heavy atom. The molecular weight excluding hydrogens is 306 g/mol. The van der Waals surface area contributed by atoms with Crippen molar-refractivity contribution < 1.29 is 8.42 Å². The fraction of sp³-hybridized carbons (Fsp3) is 0.214. The lowest BCUT2D eigenvalue weighted by molar-refractivity contribution is 0.584. The van der Waals surface area contributed by atoms with E-state index in [2.05, 4.69) is 16.1 Å². The Morgan fingerprint density at radius 3 is 2.76 bits per heavy atom. The Kier molecular flexibility index (Phi) is 4.96. The third kappa shape index (κ3) is 3.82. The third-order valence-electron chi connectivity index (χ3n) is 2.75. The molecule has 5 nitrogen and oxygen atoms in total. The van der Waals surface area contributed by atoms with E-state index in [9.17, 15) is 8.42 Å². The second-order valence-corrected chi connectivity index (χ2v) is 7.00. The first-order valence-corrected chi connectivity index (χ1v) is 8.73. The minimum absolute atomic E-state index is 0.226. The molecule has 1 aromatic heterocycles. The van der Waals surface area contributed by atoms with Gasteiger partial charge >= 0.3 is 0 Å². The van der Waals surface area contributed by atoms with Crippen LogP contribution >= 0.6 is 11.3 Å². The maximum Gasteiger partial charge on any atom is 0.242 e. The van der Waals surface area contributed by atoms with Crippen molar-refractivity contribution in [3.8, 4) is 6.07 Å². The van der Waals surface area contributed by atoms with Gasteiger partial charge in [-0.3, -0.25) is 0 Å². The van der Waals surface area contributed by atoms with Gasteiger partial charge in [0.15, 0.2) is 0 Å². The SMILES string of the molecule is CCNS(=O)(=O)c1ccccc1NCc1cc(C#N)cs1. The predicted molar refractivity (Wildman–Crippen MR) is 83.7 cm³/mol. The standard InChI is InChI=1S/C14H15N3O2S2/c1-2-17-21(18,19)14-6-4-3-5-13(14)16-9-12-7-11(8-15)10-20-12/h3-7,10,16-17H,2,9H2,1H3. The molecular formula is C14H15N3O2S2. The van der Waals surface area contributed by atoms with Gasteiger partial charge in [0.2, 0.25) is 10.0 Å². The molecule has 0 spiro atoms. The van der Waals surface area contributed by atoms with Gasteiger partial charge in [0.25, 0.3) is 0 Å². The second-order valence-electron chi connectivity index (χ2n) is 4.26. The summed E-state index contributed by atoms with van der Waals surface area (Å²) in [5.74, 6) is 0. The first-order chi connectivity index (χ1) is 10.1. The molecule has 1 heterocycles. The first kappa shape index (κ1) is 15.5. The van der Waals surface area contributed by atoms with Crippen LogP contribution in [0.4, 0.5) is 5.69 Å². The molecule has 0 aliphatic rings. The maximum absolute atomic E-state index is 12.1. The van der Waals surface area contributed by atoms with Crippen molar-refractivity contribution in [3.05, 3.63) is 46.2 Å². The highest BCUT2D eigenvalue weighted by molar-refractivity contribution is 7.89. The van der Waals surface area contributed by atoms with Crippen molar-refractivity contribution in [1.82, 2.24) is 4.72 Å². The van der Waals surface area contributed by atoms with Crippen LogP contribution < -0.4 is 10.0 Å². The molecule has 7 heteroatoms. The van der Waals surface area contributed by atoms with Crippen LogP contribution in [0.3, 0.4) is 0 Å². The van der Waals surface area contributed by atoms with Gasteiger partial charge in [-0.05, 0) is 18.2 Å². The zero-order valence-corrected chi connectivity index (χ0v) is 13.1. The number of para-hydroxylation sites is 1. The van der Waals surface area contributed by atoms with Crippen LogP contribution in [0.1, 0.15) is 17.4 Å². The number of nitrogens with one attached hydrogen (secondary N) is 2. The van der Waals surface area contributed by atoms with E-state index < -0.39 is 10.0 Å². The highest BCUT2D eigenvalue weighted by Crippen LogP contribution is 2.22. The number of benzene rings is 1. The number of hydrogen-bond donors (Lipinski definition) is 2. The smallest absolute Gasteiger partial charge is 0.242 e. The molecule has 0 radical (unpaired) electrons. The number of rotatable bonds is 6. The lowest BCUT2D eigenvalue weighted by Gasteiger charge is -2.12. The highest BCUT2D eigenvalue weighted by atomic mass is 32.2. The quantitative estimate of drug-likeness (QED) is 0.856. The van der Waals surface area contributed by atoms with Crippen molar-refractivity contribution in [1.29, 1.82) is 5.26 Å². The predicted octanol–water partition coefficient (Wildman–Crippen LogP) is 2.53. The van der Waals surface area contributed by atoms with Gasteiger partial charge < -0.3 is 5.32 Å². The number of thiophene rings is 1. The van der Waals surface area contributed by atoms with Crippen molar-refractivity contribution >= 4 is 27.0 Å². The summed E-state index contributed by atoms with van der Waals surface area (Å²) >= 11 is 1.47. The fourth-order valence-electron chi connectivity index (χ4n) is 1.83. The molecule has 0 bridgehead atoms. The first-order valence-electron chi connectivity index (χ1n) is 6.37. The summed E-state index contributed by atoms with van der Waals surface area (Å²) in [5, 5.41) is 13.7. The summed E-state index contributed by atoms with van der Waals surface area (Å²) in [6.07, 6.45) is 0. The topological polar surface area (TPSA) is 82.0 Å². The van der Waals surface area contributed by atoms with E-state index in [-0.39, 0.29) is 4.90 Å². The van der Waals surface area contributed by atoms with Gasteiger partial charge in [0.1, 0.15) is 11.0 Å². The fourth-order valence-corrected chi connectivity index (χ4v) is 3.80. The molecule has 1 aromatic carbocycles. The Hall–Kier alpha value is -1.88. The Morgan fingerprint density at radius 2 is 2.10 bits per heavy atom. The highest BCUT2D eigenvalue weighted by Gasteiger charge is 2.16. The number of anilines is 1. The zero-order chi connectivity index (χ0) is 15.3. The average Bonchev–Trinajstić information content (AvgIpc) is 2.93. The van der Waals surface area contributed by atoms with E-state index in [1.807, 2.05) is 0 Å². The van der Waals surface area contributed by atoms with Crippen LogP contribution in [0, 0.1) is 11.3 Å². The van der Waals surface area contributed by atoms with Crippen molar-refractivity contribution in [2.45, 2.75) is 18.4 Å². The molecule has 0 atom stereocenters. The van der Waals surface area contributed by atoms with Gasteiger partial charge in [-0.15, -0.1) is 11.3 Å². The van der Waals surface area contributed by atoms with E-state index >= 15 is 0 Å². The molecule has 2 N–H and O–H groups in total. The second kappa shape index (κ2) is 6.72. The molecule has 2 aromatic rings. The number of nitriles is 1. The minimum Gasteiger partial charge on any atom is -0.379 e. The van der Waals surface area contributed by atoms with Crippen LogP contribution in [-0.2, 0) is 16.6 Å². The molecule has 0 saturated carbocycles. The molecule has 0 aliphatic carbocycles. The van der Waals surface area contributed by atoms with Crippen LogP contribution in [0.15, 0.2) is 40.6 Å². The number of sulfonamides is 1.